The third-order valence-electron chi connectivity index (χ3n) is 9.04. The van der Waals surface area contributed by atoms with Crippen molar-refractivity contribution in [1.29, 1.82) is 0 Å². The summed E-state index contributed by atoms with van der Waals surface area (Å²) in [5, 5.41) is 2.50. The minimum Gasteiger partial charge on any atom is -0.309 e. The Bertz CT molecular complexity index is 2530. The molecule has 0 radical (unpaired) electrons. The predicted molar refractivity (Wildman–Crippen MR) is 201 cm³/mol. The van der Waals surface area contributed by atoms with Crippen LogP contribution in [0.25, 0.3) is 83.9 Å². The van der Waals surface area contributed by atoms with E-state index in [4.69, 9.17) is 15.0 Å². The van der Waals surface area contributed by atoms with E-state index in [1.165, 1.54) is 27.4 Å². The fraction of sp³-hybridized carbons (Fsp3) is 0. The Labute approximate surface area is 284 Å². The van der Waals surface area contributed by atoms with Crippen molar-refractivity contribution in [2.45, 2.75) is 0 Å². The van der Waals surface area contributed by atoms with Crippen LogP contribution in [-0.4, -0.2) is 19.5 Å². The van der Waals surface area contributed by atoms with Gasteiger partial charge in [-0.25, -0.2) is 15.0 Å². The van der Waals surface area contributed by atoms with Gasteiger partial charge < -0.3 is 4.57 Å². The number of hydrogen-bond acceptors (Lipinski definition) is 3. The summed E-state index contributed by atoms with van der Waals surface area (Å²) >= 11 is 0. The van der Waals surface area contributed by atoms with Gasteiger partial charge in [0.05, 0.1) is 11.0 Å². The summed E-state index contributed by atoms with van der Waals surface area (Å²) in [5.74, 6) is 1.95. The normalized spacial score (nSPS) is 11.3. The van der Waals surface area contributed by atoms with E-state index in [-0.39, 0.29) is 0 Å². The highest BCUT2D eigenvalue weighted by Gasteiger charge is 2.15. The van der Waals surface area contributed by atoms with Gasteiger partial charge >= 0.3 is 0 Å². The minimum absolute atomic E-state index is 0.643. The van der Waals surface area contributed by atoms with Crippen LogP contribution in [0.5, 0.6) is 0 Å². The van der Waals surface area contributed by atoms with E-state index in [0.29, 0.717) is 17.5 Å². The predicted octanol–water partition coefficient (Wildman–Crippen LogP) is 11.3. The number of fused-ring (bicyclic) bond motifs is 3. The third kappa shape index (κ3) is 5.35. The van der Waals surface area contributed by atoms with Crippen LogP contribution in [0.2, 0.25) is 0 Å². The highest BCUT2D eigenvalue weighted by atomic mass is 15.0. The molecule has 0 atom stereocenters. The van der Waals surface area contributed by atoms with Crippen LogP contribution >= 0.6 is 0 Å². The number of para-hydroxylation sites is 2. The summed E-state index contributed by atoms with van der Waals surface area (Å²) < 4.78 is 2.36. The van der Waals surface area contributed by atoms with E-state index in [2.05, 4.69) is 126 Å². The molecule has 7 aromatic carbocycles. The van der Waals surface area contributed by atoms with Crippen molar-refractivity contribution in [3.8, 4) is 62.1 Å². The lowest BCUT2D eigenvalue weighted by molar-refractivity contribution is 1.07. The average molecular weight is 627 g/mol. The van der Waals surface area contributed by atoms with E-state index in [0.717, 1.165) is 39.1 Å². The number of benzene rings is 7. The van der Waals surface area contributed by atoms with Gasteiger partial charge in [0.25, 0.3) is 0 Å². The minimum atomic E-state index is 0.643. The Morgan fingerprint density at radius 2 is 0.714 bits per heavy atom. The van der Waals surface area contributed by atoms with E-state index in [1.807, 2.05) is 60.7 Å². The molecule has 0 bridgehead atoms. The number of aromatic nitrogens is 4. The number of rotatable bonds is 6. The standard InChI is InChI=1S/C45H30N4/c1-4-14-31(15-5-1)43-46-44(32-16-6-2-7-17-32)48-45(47-43)37-21-13-20-35(29-37)33-18-12-19-34(28-33)36-26-27-40-39-24-10-11-25-41(39)49(42(40)30-36)38-22-8-3-9-23-38/h1-30H. The molecule has 0 N–H and O–H groups in total. The molecule has 0 fully saturated rings. The molecule has 4 nitrogen and oxygen atoms in total. The molecule has 9 rings (SSSR count). The van der Waals surface area contributed by atoms with Gasteiger partial charge in [0, 0.05) is 33.2 Å². The van der Waals surface area contributed by atoms with Crippen LogP contribution in [0.4, 0.5) is 0 Å². The Hall–Kier alpha value is -6.65. The Kier molecular flexibility index (Phi) is 7.10. The van der Waals surface area contributed by atoms with Gasteiger partial charge in [-0.3, -0.25) is 0 Å². The molecule has 4 heteroatoms. The molecular formula is C45H30N4. The molecule has 0 saturated carbocycles. The first-order valence-electron chi connectivity index (χ1n) is 16.5. The zero-order chi connectivity index (χ0) is 32.6. The summed E-state index contributed by atoms with van der Waals surface area (Å²) in [6.45, 7) is 0. The smallest absolute Gasteiger partial charge is 0.164 e. The molecule has 0 amide bonds. The molecule has 0 unspecified atom stereocenters. The Morgan fingerprint density at radius 3 is 1.33 bits per heavy atom. The first-order valence-corrected chi connectivity index (χ1v) is 16.5. The van der Waals surface area contributed by atoms with Crippen LogP contribution in [0.1, 0.15) is 0 Å². The van der Waals surface area contributed by atoms with Crippen molar-refractivity contribution < 1.29 is 0 Å². The van der Waals surface area contributed by atoms with E-state index in [9.17, 15) is 0 Å². The molecule has 2 heterocycles. The van der Waals surface area contributed by atoms with Gasteiger partial charge in [0.15, 0.2) is 17.5 Å². The van der Waals surface area contributed by atoms with Gasteiger partial charge in [-0.2, -0.15) is 0 Å². The molecule has 0 aliphatic carbocycles. The largest absolute Gasteiger partial charge is 0.309 e. The Balaban J connectivity index is 1.13. The molecule has 49 heavy (non-hydrogen) atoms. The second-order valence-corrected chi connectivity index (χ2v) is 12.1. The number of nitrogens with zero attached hydrogens (tertiary/aromatic N) is 4. The second-order valence-electron chi connectivity index (χ2n) is 12.1. The maximum absolute atomic E-state index is 4.95. The molecule has 230 valence electrons. The van der Waals surface area contributed by atoms with Crippen LogP contribution < -0.4 is 0 Å². The maximum atomic E-state index is 4.95. The van der Waals surface area contributed by atoms with Gasteiger partial charge in [-0.05, 0) is 58.7 Å². The highest BCUT2D eigenvalue weighted by Crippen LogP contribution is 2.36. The number of hydrogen-bond donors (Lipinski definition) is 0. The summed E-state index contributed by atoms with van der Waals surface area (Å²) in [5.41, 5.74) is 11.0. The molecule has 9 aromatic rings. The van der Waals surface area contributed by atoms with E-state index >= 15 is 0 Å². The van der Waals surface area contributed by atoms with Gasteiger partial charge in [-0.15, -0.1) is 0 Å². The van der Waals surface area contributed by atoms with Gasteiger partial charge in [0.1, 0.15) is 0 Å². The van der Waals surface area contributed by atoms with Crippen LogP contribution in [0, 0.1) is 0 Å². The lowest BCUT2D eigenvalue weighted by atomic mass is 9.97. The summed E-state index contributed by atoms with van der Waals surface area (Å²) in [4.78, 5) is 14.8. The summed E-state index contributed by atoms with van der Waals surface area (Å²) in [6, 6.07) is 63.5. The van der Waals surface area contributed by atoms with Crippen LogP contribution in [0.3, 0.4) is 0 Å². The zero-order valence-electron chi connectivity index (χ0n) is 26.6. The van der Waals surface area contributed by atoms with E-state index < -0.39 is 0 Å². The quantitative estimate of drug-likeness (QED) is 0.184. The first-order chi connectivity index (χ1) is 24.3. The maximum Gasteiger partial charge on any atom is 0.164 e. The fourth-order valence-electron chi connectivity index (χ4n) is 6.66. The summed E-state index contributed by atoms with van der Waals surface area (Å²) in [6.07, 6.45) is 0. The lowest BCUT2D eigenvalue weighted by Crippen LogP contribution is -2.00. The van der Waals surface area contributed by atoms with Crippen molar-refractivity contribution >= 4 is 21.8 Å². The third-order valence-corrected chi connectivity index (χ3v) is 9.04. The van der Waals surface area contributed by atoms with Crippen molar-refractivity contribution in [1.82, 2.24) is 19.5 Å². The van der Waals surface area contributed by atoms with Gasteiger partial charge in [0.2, 0.25) is 0 Å². The molecule has 0 saturated heterocycles. The first kappa shape index (κ1) is 28.6. The van der Waals surface area contributed by atoms with Crippen molar-refractivity contribution in [3.05, 3.63) is 182 Å². The lowest BCUT2D eigenvalue weighted by Gasteiger charge is -2.11. The van der Waals surface area contributed by atoms with Crippen molar-refractivity contribution in [2.75, 3.05) is 0 Å². The van der Waals surface area contributed by atoms with Crippen LogP contribution in [0.15, 0.2) is 182 Å². The SMILES string of the molecule is c1ccc(-c2nc(-c3ccccc3)nc(-c3cccc(-c4cccc(-c5ccc6c7ccccc7n(-c7ccccc7)c6c5)c4)c3)n2)cc1. The topological polar surface area (TPSA) is 43.6 Å². The monoisotopic (exact) mass is 626 g/mol. The summed E-state index contributed by atoms with van der Waals surface area (Å²) in [7, 11) is 0. The van der Waals surface area contributed by atoms with Gasteiger partial charge in [-0.1, -0.05) is 146 Å². The molecule has 2 aromatic heterocycles. The van der Waals surface area contributed by atoms with Crippen molar-refractivity contribution in [2.24, 2.45) is 0 Å². The second kappa shape index (κ2) is 12.2. The Morgan fingerprint density at radius 1 is 0.286 bits per heavy atom. The zero-order valence-corrected chi connectivity index (χ0v) is 26.6. The molecule has 0 spiro atoms. The highest BCUT2D eigenvalue weighted by molar-refractivity contribution is 6.10. The molecular weight excluding hydrogens is 597 g/mol. The van der Waals surface area contributed by atoms with Crippen LogP contribution in [-0.2, 0) is 0 Å². The average Bonchev–Trinajstić information content (AvgIpc) is 3.52. The van der Waals surface area contributed by atoms with E-state index in [1.54, 1.807) is 0 Å². The molecule has 0 aliphatic rings. The fourth-order valence-corrected chi connectivity index (χ4v) is 6.66. The van der Waals surface area contributed by atoms with Crippen molar-refractivity contribution in [3.63, 3.8) is 0 Å². The molecule has 0 aliphatic heterocycles.